The Morgan fingerprint density at radius 3 is 2.80 bits per heavy atom. The van der Waals surface area contributed by atoms with Crippen LogP contribution in [0.2, 0.25) is 0 Å². The van der Waals surface area contributed by atoms with Crippen molar-refractivity contribution in [3.05, 3.63) is 23.8 Å². The molecule has 0 amide bonds. The molecule has 1 aromatic rings. The molecule has 6 heteroatoms. The number of hydrogen-bond donors (Lipinski definition) is 2. The number of rotatable bonds is 8. The molecule has 1 aromatic carbocycles. The van der Waals surface area contributed by atoms with Crippen molar-refractivity contribution in [2.24, 2.45) is 4.99 Å². The molecule has 1 atom stereocenters. The van der Waals surface area contributed by atoms with Crippen molar-refractivity contribution >= 4 is 5.96 Å². The molecule has 6 nitrogen and oxygen atoms in total. The highest BCUT2D eigenvalue weighted by atomic mass is 16.5. The normalized spacial score (nSPS) is 18.2. The van der Waals surface area contributed by atoms with E-state index in [1.165, 1.54) is 19.4 Å². The zero-order valence-electron chi connectivity index (χ0n) is 16.0. The summed E-state index contributed by atoms with van der Waals surface area (Å²) in [5.74, 6) is 2.36. The first-order valence-corrected chi connectivity index (χ1v) is 9.20. The van der Waals surface area contributed by atoms with E-state index in [1.807, 2.05) is 25.1 Å². The molecule has 0 aromatic heterocycles. The van der Waals surface area contributed by atoms with Crippen LogP contribution < -0.4 is 20.1 Å². The van der Waals surface area contributed by atoms with Gasteiger partial charge in [0, 0.05) is 26.2 Å². The van der Waals surface area contributed by atoms with Gasteiger partial charge in [-0.1, -0.05) is 13.0 Å². The summed E-state index contributed by atoms with van der Waals surface area (Å²) in [6, 6.07) is 6.60. The fourth-order valence-electron chi connectivity index (χ4n) is 3.26. The third-order valence-corrected chi connectivity index (χ3v) is 4.62. The monoisotopic (exact) mass is 348 g/mol. The quantitative estimate of drug-likeness (QED) is 0.557. The summed E-state index contributed by atoms with van der Waals surface area (Å²) in [6.07, 6.45) is 2.55. The molecule has 1 aliphatic heterocycles. The number of nitrogens with zero attached hydrogens (tertiary/aromatic N) is 2. The van der Waals surface area contributed by atoms with Crippen molar-refractivity contribution in [1.29, 1.82) is 0 Å². The van der Waals surface area contributed by atoms with Crippen molar-refractivity contribution in [2.45, 2.75) is 39.3 Å². The summed E-state index contributed by atoms with van der Waals surface area (Å²) in [4.78, 5) is 6.85. The van der Waals surface area contributed by atoms with Gasteiger partial charge in [-0.05, 0) is 50.6 Å². The van der Waals surface area contributed by atoms with E-state index in [9.17, 15) is 0 Å². The minimum Gasteiger partial charge on any atom is -0.493 e. The number of nitrogens with one attached hydrogen (secondary N) is 2. The van der Waals surface area contributed by atoms with E-state index in [0.29, 0.717) is 19.2 Å². The van der Waals surface area contributed by atoms with E-state index in [2.05, 4.69) is 27.4 Å². The van der Waals surface area contributed by atoms with E-state index in [-0.39, 0.29) is 0 Å². The lowest BCUT2D eigenvalue weighted by atomic mass is 10.2. The van der Waals surface area contributed by atoms with Crippen LogP contribution in [0.25, 0.3) is 0 Å². The largest absolute Gasteiger partial charge is 0.493 e. The molecule has 0 spiro atoms. The Hall–Kier alpha value is -1.95. The first kappa shape index (κ1) is 19.4. The molecular formula is C19H32N4O2. The molecule has 2 rings (SSSR count). The minimum atomic E-state index is 0.606. The molecule has 2 N–H and O–H groups in total. The maximum atomic E-state index is 5.56. The van der Waals surface area contributed by atoms with Crippen molar-refractivity contribution in [2.75, 3.05) is 40.4 Å². The Morgan fingerprint density at radius 2 is 2.12 bits per heavy atom. The molecule has 1 saturated heterocycles. The summed E-state index contributed by atoms with van der Waals surface area (Å²) >= 11 is 0. The van der Waals surface area contributed by atoms with Crippen LogP contribution in [0.3, 0.4) is 0 Å². The fraction of sp³-hybridized carbons (Fsp3) is 0.632. The Labute approximate surface area is 151 Å². The number of benzene rings is 1. The van der Waals surface area contributed by atoms with Crippen LogP contribution in [0.5, 0.6) is 11.5 Å². The van der Waals surface area contributed by atoms with E-state index < -0.39 is 0 Å². The lowest BCUT2D eigenvalue weighted by Crippen LogP contribution is -2.44. The van der Waals surface area contributed by atoms with Crippen LogP contribution in [0.1, 0.15) is 32.3 Å². The second-order valence-corrected chi connectivity index (χ2v) is 6.15. The summed E-state index contributed by atoms with van der Waals surface area (Å²) in [5.41, 5.74) is 1.12. The number of methoxy groups -OCH3 is 1. The molecule has 0 aliphatic carbocycles. The van der Waals surface area contributed by atoms with Gasteiger partial charge in [0.25, 0.3) is 0 Å². The van der Waals surface area contributed by atoms with Crippen LogP contribution in [0.4, 0.5) is 0 Å². The second kappa shape index (κ2) is 10.1. The predicted octanol–water partition coefficient (Wildman–Crippen LogP) is 2.24. The Kier molecular flexibility index (Phi) is 7.85. The molecule has 0 radical (unpaired) electrons. The van der Waals surface area contributed by atoms with Crippen molar-refractivity contribution in [1.82, 2.24) is 15.5 Å². The van der Waals surface area contributed by atoms with Gasteiger partial charge in [0.2, 0.25) is 0 Å². The molecule has 1 fully saturated rings. The van der Waals surface area contributed by atoms with E-state index in [4.69, 9.17) is 9.47 Å². The zero-order valence-corrected chi connectivity index (χ0v) is 16.0. The number of aliphatic imine (C=N–C) groups is 1. The topological polar surface area (TPSA) is 58.1 Å². The van der Waals surface area contributed by atoms with Crippen LogP contribution in [-0.2, 0) is 6.54 Å². The molecule has 0 bridgehead atoms. The van der Waals surface area contributed by atoms with Crippen molar-refractivity contribution in [3.8, 4) is 11.5 Å². The van der Waals surface area contributed by atoms with Crippen LogP contribution in [0, 0.1) is 0 Å². The first-order valence-electron chi connectivity index (χ1n) is 9.20. The Morgan fingerprint density at radius 1 is 1.28 bits per heavy atom. The van der Waals surface area contributed by atoms with Gasteiger partial charge in [-0.2, -0.15) is 0 Å². The molecular weight excluding hydrogens is 316 g/mol. The lowest BCUT2D eigenvalue weighted by Gasteiger charge is -2.24. The third kappa shape index (κ3) is 5.53. The summed E-state index contributed by atoms with van der Waals surface area (Å²) < 4.78 is 11.0. The van der Waals surface area contributed by atoms with E-state index in [0.717, 1.165) is 36.1 Å². The molecule has 1 unspecified atom stereocenters. The van der Waals surface area contributed by atoms with Gasteiger partial charge in [0.1, 0.15) is 0 Å². The summed E-state index contributed by atoms with van der Waals surface area (Å²) in [6.45, 7) is 8.76. The van der Waals surface area contributed by atoms with Crippen LogP contribution in [0.15, 0.2) is 23.2 Å². The van der Waals surface area contributed by atoms with E-state index in [1.54, 1.807) is 14.2 Å². The summed E-state index contributed by atoms with van der Waals surface area (Å²) in [7, 11) is 3.47. The highest BCUT2D eigenvalue weighted by Crippen LogP contribution is 2.27. The maximum Gasteiger partial charge on any atom is 0.191 e. The number of likely N-dealkylation sites (tertiary alicyclic amines) is 1. The van der Waals surface area contributed by atoms with Gasteiger partial charge in [0.15, 0.2) is 17.5 Å². The van der Waals surface area contributed by atoms with Crippen molar-refractivity contribution in [3.63, 3.8) is 0 Å². The number of hydrogen-bond acceptors (Lipinski definition) is 4. The number of ether oxygens (including phenoxy) is 2. The number of likely N-dealkylation sites (N-methyl/N-ethyl adjacent to an activating group) is 1. The van der Waals surface area contributed by atoms with Gasteiger partial charge in [-0.15, -0.1) is 0 Å². The standard InChI is InChI=1S/C19H32N4O2/c1-5-23-11-7-8-16(23)14-22-19(20-3)21-13-15-9-10-17(25-6-2)18(12-15)24-4/h9-10,12,16H,5-8,11,13-14H2,1-4H3,(H2,20,21,22). The maximum absolute atomic E-state index is 5.56. The van der Waals surface area contributed by atoms with Gasteiger partial charge < -0.3 is 20.1 Å². The fourth-order valence-corrected chi connectivity index (χ4v) is 3.26. The average Bonchev–Trinajstić information content (AvgIpc) is 3.10. The Balaban J connectivity index is 1.86. The van der Waals surface area contributed by atoms with E-state index >= 15 is 0 Å². The third-order valence-electron chi connectivity index (χ3n) is 4.62. The van der Waals surface area contributed by atoms with Crippen LogP contribution in [-0.4, -0.2) is 57.3 Å². The molecule has 0 saturated carbocycles. The smallest absolute Gasteiger partial charge is 0.191 e. The Bertz CT molecular complexity index is 562. The molecule has 1 aliphatic rings. The first-order chi connectivity index (χ1) is 12.2. The van der Waals surface area contributed by atoms with Gasteiger partial charge in [0.05, 0.1) is 13.7 Å². The average molecular weight is 348 g/mol. The molecule has 1 heterocycles. The van der Waals surface area contributed by atoms with Gasteiger partial charge in [-0.3, -0.25) is 9.89 Å². The van der Waals surface area contributed by atoms with Crippen molar-refractivity contribution < 1.29 is 9.47 Å². The summed E-state index contributed by atoms with van der Waals surface area (Å²) in [5, 5.41) is 6.82. The van der Waals surface area contributed by atoms with Gasteiger partial charge in [-0.25, -0.2) is 0 Å². The van der Waals surface area contributed by atoms with Crippen LogP contribution >= 0.6 is 0 Å². The predicted molar refractivity (Wildman–Crippen MR) is 103 cm³/mol. The van der Waals surface area contributed by atoms with Gasteiger partial charge >= 0.3 is 0 Å². The SMILES string of the molecule is CCOc1ccc(CNC(=NC)NCC2CCCN2CC)cc1OC. The highest BCUT2D eigenvalue weighted by Gasteiger charge is 2.22. The minimum absolute atomic E-state index is 0.606. The molecule has 140 valence electrons. The number of guanidine groups is 1. The highest BCUT2D eigenvalue weighted by molar-refractivity contribution is 5.79. The molecule has 25 heavy (non-hydrogen) atoms. The second-order valence-electron chi connectivity index (χ2n) is 6.15. The zero-order chi connectivity index (χ0) is 18.1. The lowest BCUT2D eigenvalue weighted by molar-refractivity contribution is 0.267.